The smallest absolute Gasteiger partial charge is 0.372 e. The summed E-state index contributed by atoms with van der Waals surface area (Å²) in [5, 5.41) is 17.9. The van der Waals surface area contributed by atoms with Gasteiger partial charge in [0.1, 0.15) is 17.5 Å². The molecule has 0 unspecified atom stereocenters. The maximum atomic E-state index is 12.7. The minimum Gasteiger partial charge on any atom is -0.372 e. The summed E-state index contributed by atoms with van der Waals surface area (Å²) in [5.74, 6) is -0.431. The molecule has 2 aromatic rings. The van der Waals surface area contributed by atoms with E-state index in [1.54, 1.807) is 7.05 Å². The Bertz CT molecular complexity index is 699. The molecular weight excluding hydrogens is 287 g/mol. The molecule has 110 valence electrons. The summed E-state index contributed by atoms with van der Waals surface area (Å²) in [6, 6.07) is 1.92. The highest BCUT2D eigenvalue weighted by Gasteiger charge is 2.35. The number of halogens is 3. The SMILES string of the molecule is CNc1nc(Nc2cnn(C)c2C#N)ncc1C(F)(F)F. The summed E-state index contributed by atoms with van der Waals surface area (Å²) in [6.45, 7) is 0. The van der Waals surface area contributed by atoms with Crippen molar-refractivity contribution in [3.63, 3.8) is 0 Å². The number of rotatable bonds is 3. The predicted octanol–water partition coefficient (Wildman–Crippen LogP) is 1.89. The molecule has 0 aliphatic rings. The van der Waals surface area contributed by atoms with Crippen molar-refractivity contribution in [3.05, 3.63) is 23.7 Å². The van der Waals surface area contributed by atoms with Crippen molar-refractivity contribution in [1.29, 1.82) is 5.26 Å². The molecule has 10 heteroatoms. The molecule has 0 spiro atoms. The van der Waals surface area contributed by atoms with Crippen LogP contribution in [-0.2, 0) is 13.2 Å². The zero-order valence-corrected chi connectivity index (χ0v) is 11.0. The van der Waals surface area contributed by atoms with Gasteiger partial charge in [-0.25, -0.2) is 4.98 Å². The number of hydrogen-bond acceptors (Lipinski definition) is 6. The van der Waals surface area contributed by atoms with Gasteiger partial charge in [-0.05, 0) is 0 Å². The fraction of sp³-hybridized carbons (Fsp3) is 0.273. The fourth-order valence-corrected chi connectivity index (χ4v) is 1.62. The van der Waals surface area contributed by atoms with Gasteiger partial charge in [-0.15, -0.1) is 0 Å². The van der Waals surface area contributed by atoms with E-state index in [-0.39, 0.29) is 17.5 Å². The monoisotopic (exact) mass is 297 g/mol. The minimum atomic E-state index is -4.55. The molecule has 7 nitrogen and oxygen atoms in total. The molecule has 21 heavy (non-hydrogen) atoms. The van der Waals surface area contributed by atoms with Gasteiger partial charge >= 0.3 is 6.18 Å². The van der Waals surface area contributed by atoms with E-state index in [0.29, 0.717) is 11.9 Å². The highest BCUT2D eigenvalue weighted by molar-refractivity contribution is 5.61. The van der Waals surface area contributed by atoms with Crippen LogP contribution in [0.4, 0.5) is 30.6 Å². The van der Waals surface area contributed by atoms with Crippen LogP contribution in [0.5, 0.6) is 0 Å². The largest absolute Gasteiger partial charge is 0.421 e. The van der Waals surface area contributed by atoms with E-state index in [4.69, 9.17) is 5.26 Å². The molecule has 0 atom stereocenters. The molecule has 2 heterocycles. The number of alkyl halides is 3. The Morgan fingerprint density at radius 1 is 1.33 bits per heavy atom. The second-order valence-electron chi connectivity index (χ2n) is 3.97. The number of hydrogen-bond donors (Lipinski definition) is 2. The summed E-state index contributed by atoms with van der Waals surface area (Å²) in [6.07, 6.45) is -2.52. The second kappa shape index (κ2) is 5.28. The minimum absolute atomic E-state index is 0.0724. The van der Waals surface area contributed by atoms with E-state index in [2.05, 4.69) is 25.7 Å². The van der Waals surface area contributed by atoms with E-state index in [1.807, 2.05) is 6.07 Å². The Morgan fingerprint density at radius 2 is 2.05 bits per heavy atom. The van der Waals surface area contributed by atoms with Crippen molar-refractivity contribution in [1.82, 2.24) is 19.7 Å². The van der Waals surface area contributed by atoms with Gasteiger partial charge in [-0.3, -0.25) is 4.68 Å². The van der Waals surface area contributed by atoms with Crippen molar-refractivity contribution in [3.8, 4) is 6.07 Å². The topological polar surface area (TPSA) is 91.5 Å². The Kier molecular flexibility index (Phi) is 3.66. The van der Waals surface area contributed by atoms with E-state index in [1.165, 1.54) is 17.9 Å². The van der Waals surface area contributed by atoms with E-state index in [9.17, 15) is 13.2 Å². The zero-order valence-electron chi connectivity index (χ0n) is 11.0. The lowest BCUT2D eigenvalue weighted by molar-refractivity contribution is -0.137. The number of aromatic nitrogens is 4. The number of nitriles is 1. The summed E-state index contributed by atoms with van der Waals surface area (Å²) in [7, 11) is 2.89. The number of anilines is 3. The van der Waals surface area contributed by atoms with Crippen molar-refractivity contribution >= 4 is 17.5 Å². The molecular formula is C11H10F3N7. The molecule has 0 aliphatic heterocycles. The summed E-state index contributed by atoms with van der Waals surface area (Å²) >= 11 is 0. The van der Waals surface area contributed by atoms with Crippen molar-refractivity contribution in [2.75, 3.05) is 17.7 Å². The Hall–Kier alpha value is -2.83. The van der Waals surface area contributed by atoms with Crippen LogP contribution in [0, 0.1) is 11.3 Å². The molecule has 0 saturated carbocycles. The molecule has 0 amide bonds. The first-order valence-electron chi connectivity index (χ1n) is 5.68. The maximum Gasteiger partial charge on any atom is 0.421 e. The van der Waals surface area contributed by atoms with Crippen LogP contribution in [0.1, 0.15) is 11.3 Å². The Morgan fingerprint density at radius 3 is 2.62 bits per heavy atom. The normalized spacial score (nSPS) is 11.0. The molecule has 0 fully saturated rings. The maximum absolute atomic E-state index is 12.7. The molecule has 0 aromatic carbocycles. The lowest BCUT2D eigenvalue weighted by Gasteiger charge is -2.12. The highest BCUT2D eigenvalue weighted by atomic mass is 19.4. The van der Waals surface area contributed by atoms with Gasteiger partial charge in [0.25, 0.3) is 0 Å². The summed E-state index contributed by atoms with van der Waals surface area (Å²) in [5.41, 5.74) is -0.450. The van der Waals surface area contributed by atoms with Gasteiger partial charge in [0.2, 0.25) is 5.95 Å². The average Bonchev–Trinajstić information content (AvgIpc) is 2.77. The van der Waals surface area contributed by atoms with Crippen LogP contribution in [0.15, 0.2) is 12.4 Å². The van der Waals surface area contributed by atoms with Crippen LogP contribution in [0.3, 0.4) is 0 Å². The van der Waals surface area contributed by atoms with Gasteiger partial charge in [-0.2, -0.15) is 28.5 Å². The summed E-state index contributed by atoms with van der Waals surface area (Å²) in [4.78, 5) is 7.34. The molecule has 0 radical (unpaired) electrons. The Labute approximate surface area is 117 Å². The molecule has 0 saturated heterocycles. The van der Waals surface area contributed by atoms with Gasteiger partial charge in [-0.1, -0.05) is 0 Å². The predicted molar refractivity (Wildman–Crippen MR) is 67.8 cm³/mol. The van der Waals surface area contributed by atoms with E-state index in [0.717, 1.165) is 0 Å². The van der Waals surface area contributed by atoms with Gasteiger partial charge in [0, 0.05) is 20.3 Å². The number of nitrogens with zero attached hydrogens (tertiary/aromatic N) is 5. The first-order chi connectivity index (χ1) is 9.86. The van der Waals surface area contributed by atoms with Gasteiger partial charge < -0.3 is 10.6 Å². The van der Waals surface area contributed by atoms with Crippen LogP contribution in [0.2, 0.25) is 0 Å². The zero-order chi connectivity index (χ0) is 15.6. The molecule has 0 aliphatic carbocycles. The second-order valence-corrected chi connectivity index (χ2v) is 3.97. The van der Waals surface area contributed by atoms with Crippen molar-refractivity contribution < 1.29 is 13.2 Å². The standard InChI is InChI=1S/C11H10F3N7/c1-16-9-6(11(12,13)14)4-17-10(20-9)19-7-5-18-21(2)8(7)3-15/h4-5H,1-2H3,(H2,16,17,19,20). The molecule has 2 N–H and O–H groups in total. The quantitative estimate of drug-likeness (QED) is 0.899. The third-order valence-electron chi connectivity index (χ3n) is 2.62. The van der Waals surface area contributed by atoms with Gasteiger partial charge in [0.15, 0.2) is 5.69 Å². The molecule has 0 bridgehead atoms. The van der Waals surface area contributed by atoms with Crippen LogP contribution < -0.4 is 10.6 Å². The average molecular weight is 297 g/mol. The third-order valence-corrected chi connectivity index (χ3v) is 2.62. The summed E-state index contributed by atoms with van der Waals surface area (Å²) < 4.78 is 39.5. The van der Waals surface area contributed by atoms with Crippen molar-refractivity contribution in [2.45, 2.75) is 6.18 Å². The third kappa shape index (κ3) is 2.86. The first-order valence-corrected chi connectivity index (χ1v) is 5.68. The van der Waals surface area contributed by atoms with Crippen LogP contribution in [-0.4, -0.2) is 26.8 Å². The van der Waals surface area contributed by atoms with Gasteiger partial charge in [0.05, 0.1) is 11.9 Å². The number of aryl methyl sites for hydroxylation is 1. The van der Waals surface area contributed by atoms with E-state index >= 15 is 0 Å². The Balaban J connectivity index is 2.36. The van der Waals surface area contributed by atoms with E-state index < -0.39 is 11.7 Å². The molecule has 2 rings (SSSR count). The highest BCUT2D eigenvalue weighted by Crippen LogP contribution is 2.33. The number of nitrogens with one attached hydrogen (secondary N) is 2. The lowest BCUT2D eigenvalue weighted by atomic mass is 10.3. The fourth-order valence-electron chi connectivity index (χ4n) is 1.62. The lowest BCUT2D eigenvalue weighted by Crippen LogP contribution is -2.12. The first kappa shape index (κ1) is 14.6. The van der Waals surface area contributed by atoms with Crippen LogP contribution >= 0.6 is 0 Å². The van der Waals surface area contributed by atoms with Crippen LogP contribution in [0.25, 0.3) is 0 Å². The van der Waals surface area contributed by atoms with Crippen molar-refractivity contribution in [2.24, 2.45) is 7.05 Å². The molecule has 2 aromatic heterocycles.